The average Bonchev–Trinajstić information content (AvgIpc) is 2.67. The smallest absolute Gasteiger partial charge is 0.208 e. The van der Waals surface area contributed by atoms with Crippen LogP contribution in [0.25, 0.3) is 0 Å². The standard InChI is InChI=1S/C13H24N4/c1-5-6-7-8-9-17-12(10-14)16(11-15-17)13(2,3)4/h11-12H,5-9H2,1-4H3. The minimum Gasteiger partial charge on any atom is -0.323 e. The van der Waals surface area contributed by atoms with Crippen LogP contribution in [0.1, 0.15) is 53.4 Å². The molecular formula is C13H24N4. The Bertz CT molecular complexity index is 298. The monoisotopic (exact) mass is 236 g/mol. The molecule has 0 radical (unpaired) electrons. The summed E-state index contributed by atoms with van der Waals surface area (Å²) in [5.74, 6) is 0. The Morgan fingerprint density at radius 1 is 1.29 bits per heavy atom. The van der Waals surface area contributed by atoms with Gasteiger partial charge in [-0.15, -0.1) is 0 Å². The van der Waals surface area contributed by atoms with Crippen LogP contribution >= 0.6 is 0 Å². The van der Waals surface area contributed by atoms with Gasteiger partial charge in [-0.1, -0.05) is 26.2 Å². The van der Waals surface area contributed by atoms with E-state index in [1.54, 1.807) is 6.34 Å². The molecule has 4 nitrogen and oxygen atoms in total. The maximum atomic E-state index is 9.26. The summed E-state index contributed by atoms with van der Waals surface area (Å²) in [6.07, 6.45) is 6.39. The molecule has 0 saturated carbocycles. The second kappa shape index (κ2) is 5.90. The molecule has 0 N–H and O–H groups in total. The highest BCUT2D eigenvalue weighted by atomic mass is 15.6. The highest BCUT2D eigenvalue weighted by Crippen LogP contribution is 2.22. The molecule has 1 unspecified atom stereocenters. The number of hydrogen-bond acceptors (Lipinski definition) is 4. The molecule has 17 heavy (non-hydrogen) atoms. The molecule has 1 rings (SSSR count). The lowest BCUT2D eigenvalue weighted by molar-refractivity contribution is 0.113. The van der Waals surface area contributed by atoms with Crippen LogP contribution in [0.4, 0.5) is 0 Å². The van der Waals surface area contributed by atoms with E-state index < -0.39 is 0 Å². The first kappa shape index (κ1) is 13.8. The number of unbranched alkanes of at least 4 members (excludes halogenated alkanes) is 3. The predicted octanol–water partition coefficient (Wildman–Crippen LogP) is 2.78. The normalized spacial score (nSPS) is 19.8. The first-order valence-electron chi connectivity index (χ1n) is 6.49. The van der Waals surface area contributed by atoms with E-state index in [4.69, 9.17) is 0 Å². The van der Waals surface area contributed by atoms with Crippen molar-refractivity contribution in [2.45, 2.75) is 65.1 Å². The number of rotatable bonds is 5. The summed E-state index contributed by atoms with van der Waals surface area (Å²) < 4.78 is 0. The fourth-order valence-corrected chi connectivity index (χ4v) is 1.94. The van der Waals surface area contributed by atoms with Crippen LogP contribution < -0.4 is 0 Å². The van der Waals surface area contributed by atoms with Gasteiger partial charge in [0, 0.05) is 12.1 Å². The summed E-state index contributed by atoms with van der Waals surface area (Å²) in [4.78, 5) is 2.02. The van der Waals surface area contributed by atoms with Gasteiger partial charge in [0.1, 0.15) is 12.4 Å². The van der Waals surface area contributed by atoms with Gasteiger partial charge in [-0.3, -0.25) is 5.01 Å². The maximum absolute atomic E-state index is 9.26. The Morgan fingerprint density at radius 3 is 2.53 bits per heavy atom. The van der Waals surface area contributed by atoms with E-state index in [2.05, 4.69) is 38.9 Å². The molecule has 96 valence electrons. The number of hydrazone groups is 1. The van der Waals surface area contributed by atoms with E-state index in [0.29, 0.717) is 0 Å². The molecule has 1 heterocycles. The third kappa shape index (κ3) is 3.62. The van der Waals surface area contributed by atoms with Gasteiger partial charge in [-0.2, -0.15) is 10.4 Å². The zero-order valence-corrected chi connectivity index (χ0v) is 11.5. The first-order chi connectivity index (χ1) is 8.00. The van der Waals surface area contributed by atoms with Crippen LogP contribution in [0.3, 0.4) is 0 Å². The van der Waals surface area contributed by atoms with E-state index in [0.717, 1.165) is 13.0 Å². The lowest BCUT2D eigenvalue weighted by Crippen LogP contribution is -2.48. The molecule has 0 fully saturated rings. The molecule has 1 aliphatic heterocycles. The fourth-order valence-electron chi connectivity index (χ4n) is 1.94. The van der Waals surface area contributed by atoms with Crippen LogP contribution in [0.2, 0.25) is 0 Å². The van der Waals surface area contributed by atoms with Crippen LogP contribution in [-0.2, 0) is 0 Å². The van der Waals surface area contributed by atoms with Gasteiger partial charge in [0.25, 0.3) is 0 Å². The lowest BCUT2D eigenvalue weighted by Gasteiger charge is -2.35. The average molecular weight is 236 g/mol. The van der Waals surface area contributed by atoms with Crippen molar-refractivity contribution >= 4 is 6.34 Å². The summed E-state index contributed by atoms with van der Waals surface area (Å²) >= 11 is 0. The summed E-state index contributed by atoms with van der Waals surface area (Å²) in [7, 11) is 0. The summed E-state index contributed by atoms with van der Waals surface area (Å²) in [5.41, 5.74) is -0.0535. The van der Waals surface area contributed by atoms with Crippen LogP contribution in [0.15, 0.2) is 5.10 Å². The first-order valence-corrected chi connectivity index (χ1v) is 6.49. The second-order valence-corrected chi connectivity index (χ2v) is 5.54. The molecule has 1 atom stereocenters. The minimum absolute atomic E-state index is 0.0535. The van der Waals surface area contributed by atoms with Crippen LogP contribution in [0, 0.1) is 11.3 Å². The molecule has 0 amide bonds. The molecule has 0 spiro atoms. The predicted molar refractivity (Wildman–Crippen MR) is 70.3 cm³/mol. The van der Waals surface area contributed by atoms with E-state index in [-0.39, 0.29) is 11.7 Å². The molecule has 0 aromatic rings. The van der Waals surface area contributed by atoms with Gasteiger partial charge in [0.2, 0.25) is 6.17 Å². The zero-order chi connectivity index (χ0) is 12.9. The third-order valence-corrected chi connectivity index (χ3v) is 3.00. The Kier molecular flexibility index (Phi) is 4.80. The highest BCUT2D eigenvalue weighted by molar-refractivity contribution is 5.59. The molecular weight excluding hydrogens is 212 g/mol. The van der Waals surface area contributed by atoms with E-state index in [1.165, 1.54) is 19.3 Å². The zero-order valence-electron chi connectivity index (χ0n) is 11.5. The maximum Gasteiger partial charge on any atom is 0.208 e. The van der Waals surface area contributed by atoms with Gasteiger partial charge in [-0.05, 0) is 27.2 Å². The lowest BCUT2D eigenvalue weighted by atomic mass is 10.1. The number of nitriles is 1. The quantitative estimate of drug-likeness (QED) is 0.689. The minimum atomic E-state index is -0.239. The van der Waals surface area contributed by atoms with Gasteiger partial charge >= 0.3 is 0 Å². The SMILES string of the molecule is CCCCCCN1N=CN(C(C)(C)C)C1C#N. The Labute approximate surface area is 105 Å². The molecule has 0 aliphatic carbocycles. The Balaban J connectivity index is 2.49. The van der Waals surface area contributed by atoms with Crippen LogP contribution in [-0.4, -0.2) is 34.5 Å². The number of nitrogens with zero attached hydrogens (tertiary/aromatic N) is 4. The van der Waals surface area contributed by atoms with Crippen molar-refractivity contribution in [1.29, 1.82) is 5.26 Å². The summed E-state index contributed by atoms with van der Waals surface area (Å²) in [5, 5.41) is 15.5. The van der Waals surface area contributed by atoms with Gasteiger partial charge in [0.15, 0.2) is 0 Å². The van der Waals surface area contributed by atoms with E-state index in [1.807, 2.05) is 9.91 Å². The molecule has 4 heteroatoms. The van der Waals surface area contributed by atoms with Crippen molar-refractivity contribution in [3.63, 3.8) is 0 Å². The Hall–Kier alpha value is -1.24. The fraction of sp³-hybridized carbons (Fsp3) is 0.846. The van der Waals surface area contributed by atoms with Gasteiger partial charge in [-0.25, -0.2) is 0 Å². The van der Waals surface area contributed by atoms with Gasteiger partial charge in [0.05, 0.1) is 0 Å². The molecule has 0 saturated heterocycles. The van der Waals surface area contributed by atoms with Crippen molar-refractivity contribution in [2.75, 3.05) is 6.54 Å². The molecule has 0 aromatic heterocycles. The molecule has 1 aliphatic rings. The van der Waals surface area contributed by atoms with Crippen molar-refractivity contribution in [1.82, 2.24) is 9.91 Å². The van der Waals surface area contributed by atoms with E-state index >= 15 is 0 Å². The van der Waals surface area contributed by atoms with E-state index in [9.17, 15) is 5.26 Å². The molecule has 0 aromatic carbocycles. The Morgan fingerprint density at radius 2 is 2.00 bits per heavy atom. The van der Waals surface area contributed by atoms with Gasteiger partial charge < -0.3 is 4.90 Å². The topological polar surface area (TPSA) is 42.6 Å². The number of hydrogen-bond donors (Lipinski definition) is 0. The van der Waals surface area contributed by atoms with Crippen LogP contribution in [0.5, 0.6) is 0 Å². The highest BCUT2D eigenvalue weighted by Gasteiger charge is 2.34. The largest absolute Gasteiger partial charge is 0.323 e. The molecule has 0 bridgehead atoms. The third-order valence-electron chi connectivity index (χ3n) is 3.00. The second-order valence-electron chi connectivity index (χ2n) is 5.54. The summed E-state index contributed by atoms with van der Waals surface area (Å²) in [6, 6.07) is 2.34. The van der Waals surface area contributed by atoms with Crippen molar-refractivity contribution in [2.24, 2.45) is 5.10 Å². The van der Waals surface area contributed by atoms with Crippen molar-refractivity contribution in [3.8, 4) is 6.07 Å². The van der Waals surface area contributed by atoms with Crippen molar-refractivity contribution < 1.29 is 0 Å². The summed E-state index contributed by atoms with van der Waals surface area (Å²) in [6.45, 7) is 9.38. The van der Waals surface area contributed by atoms with Crippen molar-refractivity contribution in [3.05, 3.63) is 0 Å².